The van der Waals surface area contributed by atoms with Gasteiger partial charge in [0.25, 0.3) is 0 Å². The van der Waals surface area contributed by atoms with Gasteiger partial charge in [-0.05, 0) is 30.5 Å². The van der Waals surface area contributed by atoms with E-state index >= 15 is 0 Å². The first-order valence-electron chi connectivity index (χ1n) is 6.68. The van der Waals surface area contributed by atoms with Crippen LogP contribution in [0.5, 0.6) is 0 Å². The summed E-state index contributed by atoms with van der Waals surface area (Å²) < 4.78 is 0. The summed E-state index contributed by atoms with van der Waals surface area (Å²) in [6.45, 7) is 8.86. The van der Waals surface area contributed by atoms with E-state index in [2.05, 4.69) is 62.3 Å². The van der Waals surface area contributed by atoms with Crippen molar-refractivity contribution in [3.8, 4) is 0 Å². The summed E-state index contributed by atoms with van der Waals surface area (Å²) in [6.07, 6.45) is 2.01. The molecule has 18 heavy (non-hydrogen) atoms. The lowest BCUT2D eigenvalue weighted by molar-refractivity contribution is 0.439. The Balaban J connectivity index is 2.24. The first-order chi connectivity index (χ1) is 8.58. The SMILES string of the molecule is CC(C)NC(C)C(C)c1cnc2ccccc2c1. The van der Waals surface area contributed by atoms with E-state index in [0.29, 0.717) is 18.0 Å². The molecule has 2 nitrogen and oxygen atoms in total. The minimum atomic E-state index is 0.452. The van der Waals surface area contributed by atoms with Crippen molar-refractivity contribution in [1.29, 1.82) is 0 Å². The molecule has 0 amide bonds. The van der Waals surface area contributed by atoms with Crippen LogP contribution in [-0.4, -0.2) is 17.1 Å². The summed E-state index contributed by atoms with van der Waals surface area (Å²) in [5.74, 6) is 0.463. The van der Waals surface area contributed by atoms with Crippen LogP contribution in [0.2, 0.25) is 0 Å². The molecule has 2 atom stereocenters. The van der Waals surface area contributed by atoms with E-state index in [1.165, 1.54) is 10.9 Å². The number of hydrogen-bond acceptors (Lipinski definition) is 2. The molecule has 0 aliphatic carbocycles. The lowest BCUT2D eigenvalue weighted by Crippen LogP contribution is -2.36. The Kier molecular flexibility index (Phi) is 3.97. The Labute approximate surface area is 109 Å². The molecule has 0 saturated carbocycles. The molecule has 1 aromatic carbocycles. The van der Waals surface area contributed by atoms with E-state index in [1.54, 1.807) is 0 Å². The second-order valence-corrected chi connectivity index (χ2v) is 5.36. The van der Waals surface area contributed by atoms with Gasteiger partial charge in [-0.15, -0.1) is 0 Å². The molecule has 1 N–H and O–H groups in total. The summed E-state index contributed by atoms with van der Waals surface area (Å²) >= 11 is 0. The lowest BCUT2D eigenvalue weighted by atomic mass is 9.94. The second-order valence-electron chi connectivity index (χ2n) is 5.36. The van der Waals surface area contributed by atoms with Crippen molar-refractivity contribution >= 4 is 10.9 Å². The minimum absolute atomic E-state index is 0.452. The highest BCUT2D eigenvalue weighted by atomic mass is 14.9. The topological polar surface area (TPSA) is 24.9 Å². The van der Waals surface area contributed by atoms with Gasteiger partial charge in [0, 0.05) is 23.7 Å². The summed E-state index contributed by atoms with van der Waals surface area (Å²) in [5.41, 5.74) is 2.37. The maximum atomic E-state index is 4.54. The van der Waals surface area contributed by atoms with E-state index in [0.717, 1.165) is 5.52 Å². The molecule has 0 spiro atoms. The smallest absolute Gasteiger partial charge is 0.0702 e. The van der Waals surface area contributed by atoms with Crippen LogP contribution < -0.4 is 5.32 Å². The highest BCUT2D eigenvalue weighted by Crippen LogP contribution is 2.22. The minimum Gasteiger partial charge on any atom is -0.311 e. The number of hydrogen-bond donors (Lipinski definition) is 1. The largest absolute Gasteiger partial charge is 0.311 e. The number of fused-ring (bicyclic) bond motifs is 1. The highest BCUT2D eigenvalue weighted by Gasteiger charge is 2.15. The van der Waals surface area contributed by atoms with E-state index in [9.17, 15) is 0 Å². The van der Waals surface area contributed by atoms with Gasteiger partial charge in [-0.25, -0.2) is 0 Å². The molecular weight excluding hydrogens is 220 g/mol. The van der Waals surface area contributed by atoms with E-state index in [1.807, 2.05) is 12.3 Å². The third kappa shape index (κ3) is 2.88. The van der Waals surface area contributed by atoms with E-state index in [4.69, 9.17) is 0 Å². The Morgan fingerprint density at radius 1 is 1.06 bits per heavy atom. The quantitative estimate of drug-likeness (QED) is 0.883. The first kappa shape index (κ1) is 13.0. The molecule has 2 unspecified atom stereocenters. The molecule has 0 aliphatic heterocycles. The number of rotatable bonds is 4. The van der Waals surface area contributed by atoms with Crippen LogP contribution in [0.3, 0.4) is 0 Å². The van der Waals surface area contributed by atoms with Gasteiger partial charge in [0.1, 0.15) is 0 Å². The number of pyridine rings is 1. The Bertz CT molecular complexity index is 519. The van der Waals surface area contributed by atoms with Crippen LogP contribution in [-0.2, 0) is 0 Å². The van der Waals surface area contributed by atoms with Crippen molar-refractivity contribution in [3.63, 3.8) is 0 Å². The van der Waals surface area contributed by atoms with Crippen molar-refractivity contribution in [2.75, 3.05) is 0 Å². The van der Waals surface area contributed by atoms with Crippen molar-refractivity contribution < 1.29 is 0 Å². The molecule has 0 fully saturated rings. The van der Waals surface area contributed by atoms with Gasteiger partial charge < -0.3 is 5.32 Å². The fraction of sp³-hybridized carbons (Fsp3) is 0.438. The van der Waals surface area contributed by atoms with Crippen molar-refractivity contribution in [1.82, 2.24) is 10.3 Å². The van der Waals surface area contributed by atoms with Crippen molar-refractivity contribution in [2.45, 2.75) is 45.7 Å². The number of aromatic nitrogens is 1. The molecule has 0 saturated heterocycles. The average Bonchev–Trinajstić information content (AvgIpc) is 2.36. The Morgan fingerprint density at radius 3 is 2.50 bits per heavy atom. The summed E-state index contributed by atoms with van der Waals surface area (Å²) in [7, 11) is 0. The van der Waals surface area contributed by atoms with Gasteiger partial charge >= 0.3 is 0 Å². The van der Waals surface area contributed by atoms with Crippen LogP contribution in [0.25, 0.3) is 10.9 Å². The zero-order valence-corrected chi connectivity index (χ0v) is 11.6. The Hall–Kier alpha value is -1.41. The number of para-hydroxylation sites is 1. The molecule has 0 radical (unpaired) electrons. The molecule has 2 aromatic rings. The van der Waals surface area contributed by atoms with Gasteiger partial charge in [0.05, 0.1) is 5.52 Å². The third-order valence-corrected chi connectivity index (χ3v) is 3.48. The van der Waals surface area contributed by atoms with Crippen LogP contribution in [0, 0.1) is 0 Å². The van der Waals surface area contributed by atoms with E-state index in [-0.39, 0.29) is 0 Å². The molecule has 96 valence electrons. The zero-order chi connectivity index (χ0) is 13.1. The first-order valence-corrected chi connectivity index (χ1v) is 6.68. The average molecular weight is 242 g/mol. The Morgan fingerprint density at radius 2 is 1.78 bits per heavy atom. The monoisotopic (exact) mass is 242 g/mol. The fourth-order valence-electron chi connectivity index (χ4n) is 2.30. The van der Waals surface area contributed by atoms with Crippen LogP contribution in [0.1, 0.15) is 39.2 Å². The van der Waals surface area contributed by atoms with Gasteiger partial charge in [-0.3, -0.25) is 4.98 Å². The van der Waals surface area contributed by atoms with Crippen LogP contribution >= 0.6 is 0 Å². The van der Waals surface area contributed by atoms with Gasteiger partial charge in [-0.1, -0.05) is 39.0 Å². The van der Waals surface area contributed by atoms with Crippen LogP contribution in [0.15, 0.2) is 36.5 Å². The molecule has 1 heterocycles. The predicted molar refractivity (Wildman–Crippen MR) is 77.9 cm³/mol. The summed E-state index contributed by atoms with van der Waals surface area (Å²) in [6, 6.07) is 11.5. The second kappa shape index (κ2) is 5.49. The molecular formula is C16H22N2. The number of nitrogens with one attached hydrogen (secondary N) is 1. The zero-order valence-electron chi connectivity index (χ0n) is 11.6. The molecule has 0 aliphatic rings. The lowest BCUT2D eigenvalue weighted by Gasteiger charge is -2.24. The van der Waals surface area contributed by atoms with Crippen molar-refractivity contribution in [2.24, 2.45) is 0 Å². The number of nitrogens with zero attached hydrogens (tertiary/aromatic N) is 1. The number of benzene rings is 1. The van der Waals surface area contributed by atoms with Crippen LogP contribution in [0.4, 0.5) is 0 Å². The molecule has 2 rings (SSSR count). The maximum absolute atomic E-state index is 4.54. The maximum Gasteiger partial charge on any atom is 0.0702 e. The van der Waals surface area contributed by atoms with Gasteiger partial charge in [0.15, 0.2) is 0 Å². The molecule has 2 heteroatoms. The molecule has 1 aromatic heterocycles. The predicted octanol–water partition coefficient (Wildman–Crippen LogP) is 3.72. The van der Waals surface area contributed by atoms with E-state index < -0.39 is 0 Å². The van der Waals surface area contributed by atoms with Crippen molar-refractivity contribution in [3.05, 3.63) is 42.1 Å². The fourth-order valence-corrected chi connectivity index (χ4v) is 2.30. The highest BCUT2D eigenvalue weighted by molar-refractivity contribution is 5.78. The normalized spacial score (nSPS) is 14.9. The standard InChI is InChI=1S/C16H22N2/c1-11(2)18-13(4)12(3)15-9-14-7-5-6-8-16(14)17-10-15/h5-13,18H,1-4H3. The van der Waals surface area contributed by atoms with Gasteiger partial charge in [-0.2, -0.15) is 0 Å². The van der Waals surface area contributed by atoms with Gasteiger partial charge in [0.2, 0.25) is 0 Å². The summed E-state index contributed by atoms with van der Waals surface area (Å²) in [4.78, 5) is 4.54. The summed E-state index contributed by atoms with van der Waals surface area (Å²) in [5, 5.41) is 4.78. The third-order valence-electron chi connectivity index (χ3n) is 3.48. The molecule has 0 bridgehead atoms.